The van der Waals surface area contributed by atoms with E-state index in [0.29, 0.717) is 0 Å². The van der Waals surface area contributed by atoms with Crippen molar-refractivity contribution in [1.29, 1.82) is 0 Å². The summed E-state index contributed by atoms with van der Waals surface area (Å²) in [5, 5.41) is 7.54. The third kappa shape index (κ3) is 3.94. The quantitative estimate of drug-likeness (QED) is 0.892. The first-order valence-electron chi connectivity index (χ1n) is 9.96. The van der Waals surface area contributed by atoms with E-state index < -0.39 is 0 Å². The van der Waals surface area contributed by atoms with E-state index in [2.05, 4.69) is 32.1 Å². The van der Waals surface area contributed by atoms with E-state index in [-0.39, 0.29) is 0 Å². The first kappa shape index (κ1) is 17.6. The molecular weight excluding hydrogens is 324 g/mol. The Kier molecular flexibility index (Phi) is 5.56. The molecule has 1 aromatic carbocycles. The first-order chi connectivity index (χ1) is 12.8. The summed E-state index contributed by atoms with van der Waals surface area (Å²) in [4.78, 5) is 5.35. The number of H-pyrrole nitrogens is 1. The van der Waals surface area contributed by atoms with Crippen LogP contribution in [0.15, 0.2) is 30.5 Å². The summed E-state index contributed by atoms with van der Waals surface area (Å²) in [5.41, 5.74) is 3.59. The smallest absolute Gasteiger partial charge is 0.118 e. The summed E-state index contributed by atoms with van der Waals surface area (Å²) in [7, 11) is 1.70. The zero-order valence-corrected chi connectivity index (χ0v) is 15.8. The van der Waals surface area contributed by atoms with Gasteiger partial charge in [-0.05, 0) is 69.6 Å². The lowest BCUT2D eigenvalue weighted by Crippen LogP contribution is -2.41. The Balaban J connectivity index is 1.47. The SMILES string of the molecule is COc1ccc(-c2[nH]ncc2CN2CCCCC(N3CCCC3)C2)cc1. The molecule has 2 fully saturated rings. The van der Waals surface area contributed by atoms with E-state index in [9.17, 15) is 0 Å². The number of hydrogen-bond donors (Lipinski definition) is 1. The molecule has 5 nitrogen and oxygen atoms in total. The molecule has 1 atom stereocenters. The average Bonchev–Trinajstić information content (AvgIpc) is 3.31. The average molecular weight is 354 g/mol. The summed E-state index contributed by atoms with van der Waals surface area (Å²) in [6, 6.07) is 8.96. The van der Waals surface area contributed by atoms with Gasteiger partial charge in [0.1, 0.15) is 5.75 Å². The van der Waals surface area contributed by atoms with Gasteiger partial charge < -0.3 is 4.74 Å². The molecule has 0 radical (unpaired) electrons. The van der Waals surface area contributed by atoms with Crippen LogP contribution >= 0.6 is 0 Å². The fraction of sp³-hybridized carbons (Fsp3) is 0.571. The number of ether oxygens (including phenoxy) is 1. The zero-order valence-electron chi connectivity index (χ0n) is 15.8. The Labute approximate surface area is 156 Å². The number of likely N-dealkylation sites (tertiary alicyclic amines) is 2. The lowest BCUT2D eigenvalue weighted by atomic mass is 10.1. The molecule has 2 aliphatic heterocycles. The Morgan fingerprint density at radius 2 is 1.85 bits per heavy atom. The van der Waals surface area contributed by atoms with Crippen molar-refractivity contribution >= 4 is 0 Å². The van der Waals surface area contributed by atoms with Crippen molar-refractivity contribution in [1.82, 2.24) is 20.0 Å². The highest BCUT2D eigenvalue weighted by Crippen LogP contribution is 2.26. The van der Waals surface area contributed by atoms with Crippen molar-refractivity contribution in [3.63, 3.8) is 0 Å². The van der Waals surface area contributed by atoms with Crippen LogP contribution in [-0.4, -0.2) is 59.3 Å². The van der Waals surface area contributed by atoms with Gasteiger partial charge in [0.15, 0.2) is 0 Å². The van der Waals surface area contributed by atoms with E-state index >= 15 is 0 Å². The molecule has 3 heterocycles. The normalized spacial score (nSPS) is 22.4. The molecular formula is C21H30N4O. The van der Waals surface area contributed by atoms with Gasteiger partial charge in [-0.2, -0.15) is 5.10 Å². The number of nitrogens with one attached hydrogen (secondary N) is 1. The van der Waals surface area contributed by atoms with Crippen LogP contribution in [0.2, 0.25) is 0 Å². The molecule has 0 bridgehead atoms. The maximum atomic E-state index is 5.27. The fourth-order valence-electron chi connectivity index (χ4n) is 4.42. The number of aromatic amines is 1. The molecule has 2 aromatic rings. The molecule has 0 saturated carbocycles. The van der Waals surface area contributed by atoms with E-state index in [1.165, 1.54) is 69.4 Å². The third-order valence-corrected chi connectivity index (χ3v) is 5.88. The van der Waals surface area contributed by atoms with Gasteiger partial charge in [-0.3, -0.25) is 14.9 Å². The van der Waals surface area contributed by atoms with Gasteiger partial charge >= 0.3 is 0 Å². The summed E-state index contributed by atoms with van der Waals surface area (Å²) >= 11 is 0. The molecule has 1 N–H and O–H groups in total. The van der Waals surface area contributed by atoms with Gasteiger partial charge in [0.05, 0.1) is 19.0 Å². The molecule has 1 unspecified atom stereocenters. The lowest BCUT2D eigenvalue weighted by Gasteiger charge is -2.30. The highest BCUT2D eigenvalue weighted by molar-refractivity contribution is 5.63. The Morgan fingerprint density at radius 3 is 2.62 bits per heavy atom. The maximum Gasteiger partial charge on any atom is 0.118 e. The fourth-order valence-corrected chi connectivity index (χ4v) is 4.42. The molecule has 5 heteroatoms. The minimum absolute atomic E-state index is 0.733. The van der Waals surface area contributed by atoms with Gasteiger partial charge in [-0.15, -0.1) is 0 Å². The number of methoxy groups -OCH3 is 1. The monoisotopic (exact) mass is 354 g/mol. The minimum Gasteiger partial charge on any atom is -0.497 e. The van der Waals surface area contributed by atoms with Crippen LogP contribution in [0.25, 0.3) is 11.3 Å². The minimum atomic E-state index is 0.733. The topological polar surface area (TPSA) is 44.4 Å². The number of hydrogen-bond acceptors (Lipinski definition) is 4. The van der Waals surface area contributed by atoms with Crippen LogP contribution in [0.4, 0.5) is 0 Å². The van der Waals surface area contributed by atoms with Crippen LogP contribution in [0, 0.1) is 0 Å². The molecule has 2 aliphatic rings. The predicted octanol–water partition coefficient (Wildman–Crippen LogP) is 3.54. The van der Waals surface area contributed by atoms with E-state index in [4.69, 9.17) is 4.74 Å². The highest BCUT2D eigenvalue weighted by atomic mass is 16.5. The Morgan fingerprint density at radius 1 is 1.08 bits per heavy atom. The molecule has 4 rings (SSSR count). The second-order valence-electron chi connectivity index (χ2n) is 7.63. The van der Waals surface area contributed by atoms with E-state index in [0.717, 1.165) is 24.0 Å². The van der Waals surface area contributed by atoms with E-state index in [1.807, 2.05) is 18.3 Å². The van der Waals surface area contributed by atoms with Crippen molar-refractivity contribution < 1.29 is 4.74 Å². The largest absolute Gasteiger partial charge is 0.497 e. The molecule has 140 valence electrons. The van der Waals surface area contributed by atoms with Crippen molar-refractivity contribution in [3.05, 3.63) is 36.0 Å². The van der Waals surface area contributed by atoms with Crippen molar-refractivity contribution in [2.75, 3.05) is 33.3 Å². The van der Waals surface area contributed by atoms with Crippen molar-refractivity contribution in [3.8, 4) is 17.0 Å². The molecule has 0 amide bonds. The van der Waals surface area contributed by atoms with E-state index in [1.54, 1.807) is 7.11 Å². The first-order valence-corrected chi connectivity index (χ1v) is 9.96. The summed E-state index contributed by atoms with van der Waals surface area (Å²) in [6.07, 6.45) is 8.76. The standard InChI is InChI=1S/C21H30N4O/c1-26-20-9-7-17(8-10-20)21-18(14-22-23-21)15-24-11-3-2-6-19(16-24)25-12-4-5-13-25/h7-10,14,19H,2-6,11-13,15-16H2,1H3,(H,22,23). The van der Waals surface area contributed by atoms with Gasteiger partial charge in [0, 0.05) is 30.3 Å². The van der Waals surface area contributed by atoms with Crippen LogP contribution < -0.4 is 4.74 Å². The maximum absolute atomic E-state index is 5.27. The number of rotatable bonds is 5. The van der Waals surface area contributed by atoms with Gasteiger partial charge in [0.25, 0.3) is 0 Å². The summed E-state index contributed by atoms with van der Waals surface area (Å²) < 4.78 is 5.27. The highest BCUT2D eigenvalue weighted by Gasteiger charge is 2.26. The summed E-state index contributed by atoms with van der Waals surface area (Å²) in [5.74, 6) is 0.885. The molecule has 0 spiro atoms. The molecule has 0 aliphatic carbocycles. The Hall–Kier alpha value is -1.85. The molecule has 1 aromatic heterocycles. The number of benzene rings is 1. The zero-order chi connectivity index (χ0) is 17.8. The lowest BCUT2D eigenvalue weighted by molar-refractivity contribution is 0.167. The van der Waals surface area contributed by atoms with Gasteiger partial charge in [-0.1, -0.05) is 6.42 Å². The molecule has 26 heavy (non-hydrogen) atoms. The Bertz CT molecular complexity index is 690. The van der Waals surface area contributed by atoms with Crippen LogP contribution in [0.1, 0.15) is 37.7 Å². The second kappa shape index (κ2) is 8.23. The number of nitrogens with zero attached hydrogens (tertiary/aromatic N) is 3. The molecule has 2 saturated heterocycles. The second-order valence-corrected chi connectivity index (χ2v) is 7.63. The van der Waals surface area contributed by atoms with Gasteiger partial charge in [0.2, 0.25) is 0 Å². The van der Waals surface area contributed by atoms with Crippen LogP contribution in [0.5, 0.6) is 5.75 Å². The predicted molar refractivity (Wildman–Crippen MR) is 104 cm³/mol. The number of aromatic nitrogens is 2. The van der Waals surface area contributed by atoms with Crippen molar-refractivity contribution in [2.24, 2.45) is 0 Å². The summed E-state index contributed by atoms with van der Waals surface area (Å²) in [6.45, 7) is 5.94. The van der Waals surface area contributed by atoms with Gasteiger partial charge in [-0.25, -0.2) is 0 Å². The van der Waals surface area contributed by atoms with Crippen LogP contribution in [-0.2, 0) is 6.54 Å². The third-order valence-electron chi connectivity index (χ3n) is 5.88. The van der Waals surface area contributed by atoms with Crippen molar-refractivity contribution in [2.45, 2.75) is 44.7 Å². The van der Waals surface area contributed by atoms with Crippen LogP contribution in [0.3, 0.4) is 0 Å².